The van der Waals surface area contributed by atoms with Gasteiger partial charge in [-0.25, -0.2) is 0 Å². The second-order valence-electron chi connectivity index (χ2n) is 6.44. The number of fused-ring (bicyclic) bond motifs is 3. The van der Waals surface area contributed by atoms with E-state index in [1.54, 1.807) is 7.11 Å². The fraction of sp³-hybridized carbons (Fsp3) is 0.444. The maximum atomic E-state index is 11.3. The molecule has 2 aliphatic heterocycles. The monoisotopic (exact) mass is 283 g/mol. The van der Waals surface area contributed by atoms with Crippen molar-refractivity contribution in [3.8, 4) is 5.75 Å². The summed E-state index contributed by atoms with van der Waals surface area (Å²) in [6.07, 6.45) is 3.97. The number of rotatable bonds is 2. The van der Waals surface area contributed by atoms with Gasteiger partial charge in [0.1, 0.15) is 5.75 Å². The van der Waals surface area contributed by atoms with E-state index in [0.717, 1.165) is 34.9 Å². The maximum absolute atomic E-state index is 11.3. The number of benzene rings is 2. The highest BCUT2D eigenvalue weighted by atomic mass is 16.5. The van der Waals surface area contributed by atoms with Gasteiger partial charge >= 0.3 is 0 Å². The van der Waals surface area contributed by atoms with Crippen LogP contribution < -0.4 is 10.1 Å². The lowest BCUT2D eigenvalue weighted by atomic mass is 9.79. The molecule has 2 atom stereocenters. The Morgan fingerprint density at radius 3 is 2.38 bits per heavy atom. The quantitative estimate of drug-likeness (QED) is 0.890. The first-order valence-corrected chi connectivity index (χ1v) is 7.74. The third-order valence-corrected chi connectivity index (χ3v) is 5.11. The van der Waals surface area contributed by atoms with Gasteiger partial charge in [-0.2, -0.15) is 0 Å². The second-order valence-corrected chi connectivity index (χ2v) is 6.44. The lowest BCUT2D eigenvalue weighted by Crippen LogP contribution is -2.46. The van der Waals surface area contributed by atoms with Crippen molar-refractivity contribution in [3.05, 3.63) is 42.0 Å². The van der Waals surface area contributed by atoms with Gasteiger partial charge in [-0.1, -0.05) is 30.3 Å². The molecule has 2 heterocycles. The summed E-state index contributed by atoms with van der Waals surface area (Å²) in [4.78, 5) is 0. The SMILES string of the molecule is COc1ccc(C2(O)CC3CCC(C2)N3)c2ccccc12. The number of methoxy groups -OCH3 is 1. The Kier molecular flexibility index (Phi) is 2.95. The molecule has 2 aliphatic rings. The Balaban J connectivity index is 1.87. The molecule has 2 N–H and O–H groups in total. The molecular weight excluding hydrogens is 262 g/mol. The van der Waals surface area contributed by atoms with Gasteiger partial charge in [0.15, 0.2) is 0 Å². The molecule has 2 aromatic rings. The maximum Gasteiger partial charge on any atom is 0.126 e. The molecule has 2 aromatic carbocycles. The Labute approximate surface area is 124 Å². The van der Waals surface area contributed by atoms with Crippen LogP contribution in [0.15, 0.2) is 36.4 Å². The molecule has 0 aliphatic carbocycles. The third kappa shape index (κ3) is 2.03. The van der Waals surface area contributed by atoms with Crippen molar-refractivity contribution in [2.45, 2.75) is 43.4 Å². The summed E-state index contributed by atoms with van der Waals surface area (Å²) in [6.45, 7) is 0. The molecule has 2 fully saturated rings. The molecule has 0 amide bonds. The predicted octanol–water partition coefficient (Wildman–Crippen LogP) is 2.95. The van der Waals surface area contributed by atoms with E-state index in [0.29, 0.717) is 12.1 Å². The minimum absolute atomic E-state index is 0.453. The van der Waals surface area contributed by atoms with Gasteiger partial charge in [0.2, 0.25) is 0 Å². The summed E-state index contributed by atoms with van der Waals surface area (Å²) in [7, 11) is 1.70. The first-order valence-electron chi connectivity index (χ1n) is 7.74. The summed E-state index contributed by atoms with van der Waals surface area (Å²) in [5.41, 5.74) is 0.334. The smallest absolute Gasteiger partial charge is 0.126 e. The van der Waals surface area contributed by atoms with Gasteiger partial charge in [-0.15, -0.1) is 0 Å². The highest BCUT2D eigenvalue weighted by Gasteiger charge is 2.44. The van der Waals surface area contributed by atoms with Crippen molar-refractivity contribution < 1.29 is 9.84 Å². The Bertz CT molecular complexity index is 670. The van der Waals surface area contributed by atoms with Crippen molar-refractivity contribution in [2.75, 3.05) is 7.11 Å². The molecular formula is C18H21NO2. The zero-order chi connectivity index (χ0) is 14.4. The van der Waals surface area contributed by atoms with Crippen LogP contribution in [0, 0.1) is 0 Å². The highest BCUT2D eigenvalue weighted by Crippen LogP contribution is 2.44. The summed E-state index contributed by atoms with van der Waals surface area (Å²) in [5, 5.41) is 17.1. The molecule has 3 heteroatoms. The summed E-state index contributed by atoms with van der Waals surface area (Å²) in [6, 6.07) is 13.1. The summed E-state index contributed by atoms with van der Waals surface area (Å²) in [5.74, 6) is 0.870. The first kappa shape index (κ1) is 13.1. The molecule has 0 saturated carbocycles. The lowest BCUT2D eigenvalue weighted by molar-refractivity contribution is -0.0101. The normalized spacial score (nSPS) is 31.5. The molecule has 0 radical (unpaired) electrons. The fourth-order valence-corrected chi connectivity index (χ4v) is 4.20. The van der Waals surface area contributed by atoms with Crippen LogP contribution in [-0.2, 0) is 5.60 Å². The van der Waals surface area contributed by atoms with Crippen molar-refractivity contribution in [1.82, 2.24) is 5.32 Å². The first-order chi connectivity index (χ1) is 10.2. The largest absolute Gasteiger partial charge is 0.496 e. The van der Waals surface area contributed by atoms with Crippen molar-refractivity contribution in [2.24, 2.45) is 0 Å². The van der Waals surface area contributed by atoms with Gasteiger partial charge in [0.05, 0.1) is 12.7 Å². The van der Waals surface area contributed by atoms with Gasteiger partial charge < -0.3 is 15.2 Å². The van der Waals surface area contributed by atoms with Crippen LogP contribution >= 0.6 is 0 Å². The van der Waals surface area contributed by atoms with Crippen LogP contribution in [0.4, 0.5) is 0 Å². The van der Waals surface area contributed by atoms with Crippen LogP contribution in [0.3, 0.4) is 0 Å². The van der Waals surface area contributed by atoms with Crippen molar-refractivity contribution in [1.29, 1.82) is 0 Å². The van der Waals surface area contributed by atoms with Gasteiger partial charge in [-0.3, -0.25) is 0 Å². The van der Waals surface area contributed by atoms with Crippen molar-refractivity contribution in [3.63, 3.8) is 0 Å². The lowest BCUT2D eigenvalue weighted by Gasteiger charge is -2.38. The van der Waals surface area contributed by atoms with Crippen LogP contribution in [0.5, 0.6) is 5.75 Å². The summed E-state index contributed by atoms with van der Waals surface area (Å²) < 4.78 is 5.46. The molecule has 4 rings (SSSR count). The average molecular weight is 283 g/mol. The molecule has 3 nitrogen and oxygen atoms in total. The van der Waals surface area contributed by atoms with E-state index in [4.69, 9.17) is 4.74 Å². The fourth-order valence-electron chi connectivity index (χ4n) is 4.20. The number of aliphatic hydroxyl groups is 1. The van der Waals surface area contributed by atoms with Crippen LogP contribution in [0.1, 0.15) is 31.2 Å². The van der Waals surface area contributed by atoms with Crippen molar-refractivity contribution >= 4 is 10.8 Å². The van der Waals surface area contributed by atoms with Gasteiger partial charge in [-0.05, 0) is 42.7 Å². The molecule has 110 valence electrons. The van der Waals surface area contributed by atoms with Gasteiger partial charge in [0, 0.05) is 17.5 Å². The Hall–Kier alpha value is -1.58. The number of hydrogen-bond acceptors (Lipinski definition) is 3. The number of ether oxygens (including phenoxy) is 1. The van der Waals surface area contributed by atoms with E-state index in [9.17, 15) is 5.11 Å². The van der Waals surface area contributed by atoms with Crippen LogP contribution in [-0.4, -0.2) is 24.3 Å². The van der Waals surface area contributed by atoms with E-state index < -0.39 is 5.60 Å². The topological polar surface area (TPSA) is 41.5 Å². The van der Waals surface area contributed by atoms with E-state index in [1.165, 1.54) is 12.8 Å². The van der Waals surface area contributed by atoms with E-state index in [-0.39, 0.29) is 0 Å². The van der Waals surface area contributed by atoms with E-state index in [1.807, 2.05) is 24.3 Å². The highest BCUT2D eigenvalue weighted by molar-refractivity contribution is 5.91. The Morgan fingerprint density at radius 2 is 1.71 bits per heavy atom. The minimum atomic E-state index is -0.719. The Morgan fingerprint density at radius 1 is 1.05 bits per heavy atom. The molecule has 0 spiro atoms. The molecule has 21 heavy (non-hydrogen) atoms. The second kappa shape index (κ2) is 4.72. The zero-order valence-electron chi connectivity index (χ0n) is 12.3. The molecule has 2 saturated heterocycles. The molecule has 2 unspecified atom stereocenters. The van der Waals surface area contributed by atoms with Gasteiger partial charge in [0.25, 0.3) is 0 Å². The predicted molar refractivity (Wildman–Crippen MR) is 83.6 cm³/mol. The number of piperidine rings is 1. The molecule has 0 aromatic heterocycles. The number of nitrogens with one attached hydrogen (secondary N) is 1. The summed E-state index contributed by atoms with van der Waals surface area (Å²) >= 11 is 0. The van der Waals surface area contributed by atoms with Crippen LogP contribution in [0.2, 0.25) is 0 Å². The molecule has 2 bridgehead atoms. The number of hydrogen-bond donors (Lipinski definition) is 2. The standard InChI is InChI=1S/C18H21NO2/c1-21-17-9-8-16(14-4-2-3-5-15(14)17)18(20)10-12-6-7-13(11-18)19-12/h2-5,8-9,12-13,19-20H,6-7,10-11H2,1H3. The van der Waals surface area contributed by atoms with E-state index >= 15 is 0 Å². The van der Waals surface area contributed by atoms with E-state index in [2.05, 4.69) is 17.4 Å². The minimum Gasteiger partial charge on any atom is -0.496 e. The third-order valence-electron chi connectivity index (χ3n) is 5.11. The zero-order valence-corrected chi connectivity index (χ0v) is 12.3. The average Bonchev–Trinajstić information content (AvgIpc) is 2.85. The van der Waals surface area contributed by atoms with Crippen LogP contribution in [0.25, 0.3) is 10.8 Å².